The fourth-order valence-corrected chi connectivity index (χ4v) is 4.17. The molecule has 1 aliphatic rings. The molecule has 0 bridgehead atoms. The molecule has 0 unspecified atom stereocenters. The van der Waals surface area contributed by atoms with Crippen molar-refractivity contribution in [1.82, 2.24) is 0 Å². The van der Waals surface area contributed by atoms with E-state index in [-0.39, 0.29) is 17.3 Å². The smallest absolute Gasteiger partial charge is 0.231 e. The summed E-state index contributed by atoms with van der Waals surface area (Å²) >= 11 is 0. The Morgan fingerprint density at radius 3 is 2.15 bits per heavy atom. The zero-order valence-electron chi connectivity index (χ0n) is 20.8. The van der Waals surface area contributed by atoms with Crippen molar-refractivity contribution < 1.29 is 33.7 Å². The molecule has 0 aliphatic carbocycles. The third-order valence-corrected chi connectivity index (χ3v) is 6.11. The van der Waals surface area contributed by atoms with E-state index in [1.54, 1.807) is 45.6 Å². The first-order valence-electron chi connectivity index (χ1n) is 11.9. The first kappa shape index (κ1) is 25.4. The maximum atomic E-state index is 13.2. The number of hydrogen-bond acceptors (Lipinski definition) is 6. The predicted octanol–water partition coefficient (Wildman–Crippen LogP) is 3.39. The molecule has 0 saturated heterocycles. The molecule has 1 N–H and O–H groups in total. The monoisotopic (exact) mass is 469 g/mol. The van der Waals surface area contributed by atoms with Gasteiger partial charge in [0.15, 0.2) is 17.3 Å². The van der Waals surface area contributed by atoms with Crippen LogP contribution in [-0.4, -0.2) is 40.2 Å². The Morgan fingerprint density at radius 2 is 1.56 bits per heavy atom. The molecule has 2 aromatic rings. The molecule has 0 saturated carbocycles. The largest absolute Gasteiger partial charge is 0.872 e. The molecule has 1 heterocycles. The number of quaternary nitrogens is 1. The number of ether oxygens (including phenoxy) is 4. The lowest BCUT2D eigenvalue weighted by Crippen LogP contribution is -3.10. The van der Waals surface area contributed by atoms with E-state index in [1.807, 2.05) is 0 Å². The first-order valence-corrected chi connectivity index (χ1v) is 11.9. The zero-order valence-corrected chi connectivity index (χ0v) is 20.8. The van der Waals surface area contributed by atoms with Crippen molar-refractivity contribution in [2.24, 2.45) is 0 Å². The number of ketones is 1. The number of carbonyl (C=O) groups is 1. The summed E-state index contributed by atoms with van der Waals surface area (Å²) in [4.78, 5) is 14.5. The van der Waals surface area contributed by atoms with Crippen LogP contribution in [0.4, 0.5) is 0 Å². The Labute approximate surface area is 201 Å². The summed E-state index contributed by atoms with van der Waals surface area (Å²) in [5, 5.41) is 12.8. The van der Waals surface area contributed by atoms with Gasteiger partial charge in [-0.2, -0.15) is 0 Å². The van der Waals surface area contributed by atoms with Crippen LogP contribution in [0.15, 0.2) is 30.0 Å². The highest BCUT2D eigenvalue weighted by molar-refractivity contribution is 6.15. The minimum Gasteiger partial charge on any atom is -0.872 e. The van der Waals surface area contributed by atoms with Gasteiger partial charge in [0.25, 0.3) is 0 Å². The number of rotatable bonds is 12. The summed E-state index contributed by atoms with van der Waals surface area (Å²) < 4.78 is 22.3. The highest BCUT2D eigenvalue weighted by Gasteiger charge is 2.31. The summed E-state index contributed by atoms with van der Waals surface area (Å²) in [6.07, 6.45) is 6.00. The third kappa shape index (κ3) is 5.47. The van der Waals surface area contributed by atoms with Gasteiger partial charge in [-0.15, -0.1) is 0 Å². The normalized spacial score (nSPS) is 13.8. The van der Waals surface area contributed by atoms with E-state index in [4.69, 9.17) is 18.9 Å². The van der Waals surface area contributed by atoms with Crippen LogP contribution < -0.4 is 29.0 Å². The molecule has 0 radical (unpaired) electrons. The molecule has 2 aromatic carbocycles. The van der Waals surface area contributed by atoms with Crippen molar-refractivity contribution in [2.75, 3.05) is 34.4 Å². The molecule has 7 nitrogen and oxygen atoms in total. The van der Waals surface area contributed by atoms with Crippen molar-refractivity contribution >= 4 is 11.9 Å². The van der Waals surface area contributed by atoms with Gasteiger partial charge in [0.05, 0.1) is 40.0 Å². The van der Waals surface area contributed by atoms with Gasteiger partial charge < -0.3 is 29.0 Å². The molecule has 7 heteroatoms. The van der Waals surface area contributed by atoms with E-state index in [2.05, 4.69) is 13.8 Å². The number of benzene rings is 2. The Balaban J connectivity index is 1.96. The molecule has 0 fully saturated rings. The predicted molar refractivity (Wildman–Crippen MR) is 129 cm³/mol. The van der Waals surface area contributed by atoms with Crippen molar-refractivity contribution in [2.45, 2.75) is 46.1 Å². The molecule has 0 aromatic heterocycles. The third-order valence-electron chi connectivity index (χ3n) is 6.11. The van der Waals surface area contributed by atoms with Gasteiger partial charge >= 0.3 is 0 Å². The molecule has 0 atom stereocenters. The second-order valence-corrected chi connectivity index (χ2v) is 8.44. The standard InChI is InChI=1S/C27H35NO6/c1-6-8-12-28(13-9-7-2)17-20-21(29)11-10-19-26(30)25(34-27(19)20)15-18-14-23(32-4)24(33-5)16-22(18)31-3/h10-11,14-16,29H,6-9,12-13,17H2,1-5H3. The van der Waals surface area contributed by atoms with Crippen molar-refractivity contribution in [3.8, 4) is 28.7 Å². The molecular formula is C27H35NO6. The number of carbonyl (C=O) groups excluding carboxylic acids is 1. The van der Waals surface area contributed by atoms with Gasteiger partial charge in [0.1, 0.15) is 18.0 Å². The minimum absolute atomic E-state index is 0.0954. The van der Waals surface area contributed by atoms with Crippen LogP contribution >= 0.6 is 0 Å². The van der Waals surface area contributed by atoms with Gasteiger partial charge in [0, 0.05) is 17.2 Å². The van der Waals surface area contributed by atoms with E-state index >= 15 is 0 Å². The van der Waals surface area contributed by atoms with Crippen LogP contribution in [0.25, 0.3) is 6.08 Å². The van der Waals surface area contributed by atoms with E-state index in [1.165, 1.54) is 11.0 Å². The Bertz CT molecular complexity index is 1040. The second kappa shape index (κ2) is 11.8. The molecule has 0 amide bonds. The summed E-state index contributed by atoms with van der Waals surface area (Å²) in [7, 11) is 4.63. The average Bonchev–Trinajstić information content (AvgIpc) is 3.16. The van der Waals surface area contributed by atoms with Gasteiger partial charge in [-0.1, -0.05) is 38.5 Å². The van der Waals surface area contributed by atoms with Crippen molar-refractivity contribution in [1.29, 1.82) is 0 Å². The number of Topliss-reactive ketones (excluding diaryl/α,β-unsaturated/α-hetero) is 1. The lowest BCUT2D eigenvalue weighted by atomic mass is 10.0. The number of fused-ring (bicyclic) bond motifs is 1. The van der Waals surface area contributed by atoms with Crippen LogP contribution in [0, 0.1) is 0 Å². The number of unbranched alkanes of at least 4 members (excludes halogenated alkanes) is 2. The maximum Gasteiger partial charge on any atom is 0.231 e. The van der Waals surface area contributed by atoms with Crippen LogP contribution in [0.3, 0.4) is 0 Å². The molecule has 34 heavy (non-hydrogen) atoms. The topological polar surface area (TPSA) is 81.5 Å². The van der Waals surface area contributed by atoms with Crippen LogP contribution in [0.2, 0.25) is 0 Å². The van der Waals surface area contributed by atoms with Gasteiger partial charge in [-0.25, -0.2) is 0 Å². The SMILES string of the molecule is CCCC[NH+](CCCC)Cc1c([O-])ccc2c1OC(=Cc1cc(OC)c(OC)cc1OC)C2=O. The number of hydrogen-bond donors (Lipinski definition) is 1. The fourth-order valence-electron chi connectivity index (χ4n) is 4.17. The highest BCUT2D eigenvalue weighted by Crippen LogP contribution is 2.40. The maximum absolute atomic E-state index is 13.2. The lowest BCUT2D eigenvalue weighted by Gasteiger charge is -2.23. The van der Waals surface area contributed by atoms with E-state index in [0.29, 0.717) is 46.2 Å². The fraction of sp³-hybridized carbons (Fsp3) is 0.444. The summed E-state index contributed by atoms with van der Waals surface area (Å²) in [6.45, 7) is 6.84. The lowest BCUT2D eigenvalue weighted by molar-refractivity contribution is -0.914. The summed E-state index contributed by atoms with van der Waals surface area (Å²) in [6, 6.07) is 6.47. The average molecular weight is 470 g/mol. The van der Waals surface area contributed by atoms with E-state index < -0.39 is 0 Å². The van der Waals surface area contributed by atoms with Crippen LogP contribution in [-0.2, 0) is 6.54 Å². The summed E-state index contributed by atoms with van der Waals surface area (Å²) in [5.41, 5.74) is 1.60. The number of allylic oxidation sites excluding steroid dienone is 1. The highest BCUT2D eigenvalue weighted by atomic mass is 16.5. The minimum atomic E-state index is -0.253. The molecule has 0 spiro atoms. The molecular weight excluding hydrogens is 434 g/mol. The van der Waals surface area contributed by atoms with E-state index in [0.717, 1.165) is 38.8 Å². The Hall–Kier alpha value is -3.19. The van der Waals surface area contributed by atoms with Gasteiger partial charge in [-0.05, 0) is 31.1 Å². The zero-order chi connectivity index (χ0) is 24.7. The molecule has 184 valence electrons. The van der Waals surface area contributed by atoms with Gasteiger partial charge in [0.2, 0.25) is 5.78 Å². The van der Waals surface area contributed by atoms with Gasteiger partial charge in [-0.3, -0.25) is 4.79 Å². The molecule has 1 aliphatic heterocycles. The Morgan fingerprint density at radius 1 is 0.941 bits per heavy atom. The molecule has 3 rings (SSSR count). The second-order valence-electron chi connectivity index (χ2n) is 8.44. The first-order chi connectivity index (χ1) is 16.5. The number of methoxy groups -OCH3 is 3. The number of nitrogens with one attached hydrogen (secondary N) is 1. The Kier molecular flexibility index (Phi) is 8.82. The summed E-state index contributed by atoms with van der Waals surface area (Å²) in [5.74, 6) is 1.72. The van der Waals surface area contributed by atoms with Crippen molar-refractivity contribution in [3.05, 3.63) is 46.7 Å². The van der Waals surface area contributed by atoms with Crippen LogP contribution in [0.5, 0.6) is 28.7 Å². The van der Waals surface area contributed by atoms with Crippen molar-refractivity contribution in [3.63, 3.8) is 0 Å². The van der Waals surface area contributed by atoms with E-state index in [9.17, 15) is 9.90 Å². The quantitative estimate of drug-likeness (QED) is 0.480. The van der Waals surface area contributed by atoms with Crippen LogP contribution in [0.1, 0.15) is 61.0 Å².